The average molecular weight is 282 g/mol. The molecule has 0 radical (unpaired) electrons. The van der Waals surface area contributed by atoms with Gasteiger partial charge in [0.25, 0.3) is 0 Å². The quantitative estimate of drug-likeness (QED) is 0.610. The molecule has 0 saturated heterocycles. The minimum absolute atomic E-state index is 0.931. The van der Waals surface area contributed by atoms with Gasteiger partial charge in [-0.25, -0.2) is 0 Å². The monoisotopic (exact) mass is 282 g/mol. The van der Waals surface area contributed by atoms with Gasteiger partial charge in [-0.05, 0) is 31.5 Å². The van der Waals surface area contributed by atoms with E-state index in [0.29, 0.717) is 0 Å². The van der Waals surface area contributed by atoms with Crippen LogP contribution in [0.3, 0.4) is 0 Å². The van der Waals surface area contributed by atoms with Crippen LogP contribution in [0.15, 0.2) is 22.5 Å². The molecule has 4 nitrogen and oxygen atoms in total. The normalized spacial score (nSPS) is 11.9. The van der Waals surface area contributed by atoms with Crippen LogP contribution in [-0.4, -0.2) is 63.1 Å². The first-order chi connectivity index (χ1) is 9.17. The van der Waals surface area contributed by atoms with Crippen molar-refractivity contribution in [3.8, 4) is 0 Å². The van der Waals surface area contributed by atoms with Crippen LogP contribution in [0.5, 0.6) is 0 Å². The number of rotatable bonds is 7. The molecule has 1 N–H and O–H groups in total. The lowest BCUT2D eigenvalue weighted by atomic mass is 10.3. The molecule has 0 aliphatic carbocycles. The van der Waals surface area contributed by atoms with E-state index in [1.54, 1.807) is 0 Å². The molecule has 1 aromatic rings. The summed E-state index contributed by atoms with van der Waals surface area (Å²) in [4.78, 5) is 10.2. The molecular formula is C14H26N4S. The molecule has 108 valence electrons. The summed E-state index contributed by atoms with van der Waals surface area (Å²) >= 11 is 1.82. The lowest BCUT2D eigenvalue weighted by molar-refractivity contribution is 0.354. The number of hydrogen-bond acceptors (Lipinski definition) is 3. The molecule has 0 fully saturated rings. The second-order valence-corrected chi connectivity index (χ2v) is 5.65. The van der Waals surface area contributed by atoms with Gasteiger partial charge in [0.1, 0.15) is 0 Å². The smallest absolute Gasteiger partial charge is 0.193 e. The summed E-state index contributed by atoms with van der Waals surface area (Å²) in [7, 11) is 6.06. The van der Waals surface area contributed by atoms with Gasteiger partial charge in [-0.15, -0.1) is 11.3 Å². The molecule has 19 heavy (non-hydrogen) atoms. The van der Waals surface area contributed by atoms with E-state index in [9.17, 15) is 0 Å². The number of aliphatic imine (C=N–C) groups is 1. The van der Waals surface area contributed by atoms with Crippen molar-refractivity contribution in [1.82, 2.24) is 15.1 Å². The van der Waals surface area contributed by atoms with E-state index in [1.165, 1.54) is 4.88 Å². The Kier molecular flexibility index (Phi) is 7.52. The fraction of sp³-hybridized carbons (Fsp3) is 0.643. The molecule has 0 saturated carbocycles. The van der Waals surface area contributed by atoms with Gasteiger partial charge in [0.2, 0.25) is 0 Å². The van der Waals surface area contributed by atoms with Gasteiger partial charge in [-0.2, -0.15) is 0 Å². The van der Waals surface area contributed by atoms with Crippen molar-refractivity contribution in [3.63, 3.8) is 0 Å². The zero-order valence-electron chi connectivity index (χ0n) is 12.5. The third kappa shape index (κ3) is 6.07. The Balaban J connectivity index is 2.29. The first kappa shape index (κ1) is 16.0. The Bertz CT molecular complexity index is 362. The number of nitrogens with one attached hydrogen (secondary N) is 1. The Labute approximate surface area is 121 Å². The third-order valence-electron chi connectivity index (χ3n) is 3.16. The van der Waals surface area contributed by atoms with Crippen LogP contribution in [0.2, 0.25) is 0 Å². The molecule has 0 unspecified atom stereocenters. The molecule has 1 rings (SSSR count). The van der Waals surface area contributed by atoms with E-state index in [-0.39, 0.29) is 0 Å². The van der Waals surface area contributed by atoms with Gasteiger partial charge in [-0.3, -0.25) is 4.99 Å². The molecule has 5 heteroatoms. The van der Waals surface area contributed by atoms with Gasteiger partial charge >= 0.3 is 0 Å². The van der Waals surface area contributed by atoms with Gasteiger partial charge in [-0.1, -0.05) is 13.0 Å². The largest absolute Gasteiger partial charge is 0.355 e. The molecule has 0 atom stereocenters. The second kappa shape index (κ2) is 8.93. The van der Waals surface area contributed by atoms with E-state index in [2.05, 4.69) is 58.6 Å². The number of guanidine groups is 1. The van der Waals surface area contributed by atoms with E-state index in [1.807, 2.05) is 18.4 Å². The zero-order valence-corrected chi connectivity index (χ0v) is 13.3. The summed E-state index contributed by atoms with van der Waals surface area (Å²) < 4.78 is 0. The van der Waals surface area contributed by atoms with Crippen molar-refractivity contribution >= 4 is 17.3 Å². The standard InChI is InChI=1S/C14H26N4S/c1-5-17(3)11-9-16-14(15-2)18(4)10-8-13-7-6-12-19-13/h6-7,12H,5,8-11H2,1-4H3,(H,15,16). The Morgan fingerprint density at radius 1 is 1.37 bits per heavy atom. The molecule has 1 heterocycles. The fourth-order valence-electron chi connectivity index (χ4n) is 1.74. The fourth-order valence-corrected chi connectivity index (χ4v) is 2.44. The first-order valence-electron chi connectivity index (χ1n) is 6.80. The number of likely N-dealkylation sites (N-methyl/N-ethyl adjacent to an activating group) is 2. The van der Waals surface area contributed by atoms with Crippen LogP contribution in [0.1, 0.15) is 11.8 Å². The topological polar surface area (TPSA) is 30.9 Å². The zero-order chi connectivity index (χ0) is 14.1. The van der Waals surface area contributed by atoms with Crippen molar-refractivity contribution in [2.45, 2.75) is 13.3 Å². The number of thiophene rings is 1. The predicted molar refractivity (Wildman–Crippen MR) is 85.2 cm³/mol. The van der Waals surface area contributed by atoms with Crippen molar-refractivity contribution in [3.05, 3.63) is 22.4 Å². The summed E-state index contributed by atoms with van der Waals surface area (Å²) in [6.07, 6.45) is 1.07. The van der Waals surface area contributed by atoms with Crippen LogP contribution in [0.4, 0.5) is 0 Å². The minimum atomic E-state index is 0.931. The molecule has 0 bridgehead atoms. The maximum Gasteiger partial charge on any atom is 0.193 e. The molecule has 0 aromatic carbocycles. The summed E-state index contributed by atoms with van der Waals surface area (Å²) in [6, 6.07) is 4.29. The highest BCUT2D eigenvalue weighted by Gasteiger charge is 2.06. The van der Waals surface area contributed by atoms with E-state index < -0.39 is 0 Å². The van der Waals surface area contributed by atoms with Crippen LogP contribution in [0, 0.1) is 0 Å². The van der Waals surface area contributed by atoms with Gasteiger partial charge in [0.15, 0.2) is 5.96 Å². The average Bonchev–Trinajstić information content (AvgIpc) is 2.93. The van der Waals surface area contributed by atoms with Crippen molar-refractivity contribution in [1.29, 1.82) is 0 Å². The van der Waals surface area contributed by atoms with Gasteiger partial charge < -0.3 is 15.1 Å². The first-order valence-corrected chi connectivity index (χ1v) is 7.68. The van der Waals surface area contributed by atoms with E-state index >= 15 is 0 Å². The highest BCUT2D eigenvalue weighted by molar-refractivity contribution is 7.09. The van der Waals surface area contributed by atoms with Crippen molar-refractivity contribution < 1.29 is 0 Å². The molecule has 0 amide bonds. The van der Waals surface area contributed by atoms with Crippen LogP contribution in [0.25, 0.3) is 0 Å². The second-order valence-electron chi connectivity index (χ2n) is 4.62. The highest BCUT2D eigenvalue weighted by atomic mass is 32.1. The SMILES string of the molecule is CCN(C)CCNC(=NC)N(C)CCc1cccs1. The Morgan fingerprint density at radius 3 is 2.74 bits per heavy atom. The highest BCUT2D eigenvalue weighted by Crippen LogP contribution is 2.09. The molecule has 0 spiro atoms. The summed E-state index contributed by atoms with van der Waals surface area (Å²) in [5, 5.41) is 5.53. The van der Waals surface area contributed by atoms with E-state index in [4.69, 9.17) is 0 Å². The lowest BCUT2D eigenvalue weighted by Gasteiger charge is -2.23. The van der Waals surface area contributed by atoms with Gasteiger partial charge in [0.05, 0.1) is 0 Å². The Hall–Kier alpha value is -1.07. The lowest BCUT2D eigenvalue weighted by Crippen LogP contribution is -2.42. The van der Waals surface area contributed by atoms with Crippen molar-refractivity contribution in [2.24, 2.45) is 4.99 Å². The molecular weight excluding hydrogens is 256 g/mol. The number of nitrogens with zero attached hydrogens (tertiary/aromatic N) is 3. The summed E-state index contributed by atoms with van der Waals surface area (Å²) in [5.41, 5.74) is 0. The number of hydrogen-bond donors (Lipinski definition) is 1. The molecule has 0 aliphatic heterocycles. The third-order valence-corrected chi connectivity index (χ3v) is 4.10. The maximum absolute atomic E-state index is 4.33. The molecule has 0 aliphatic rings. The maximum atomic E-state index is 4.33. The predicted octanol–water partition coefficient (Wildman–Crippen LogP) is 1.75. The van der Waals surface area contributed by atoms with Crippen LogP contribution in [-0.2, 0) is 6.42 Å². The Morgan fingerprint density at radius 2 is 2.16 bits per heavy atom. The summed E-state index contributed by atoms with van der Waals surface area (Å²) in [6.45, 7) is 6.20. The summed E-state index contributed by atoms with van der Waals surface area (Å²) in [5.74, 6) is 0.973. The van der Waals surface area contributed by atoms with Crippen LogP contribution < -0.4 is 5.32 Å². The van der Waals surface area contributed by atoms with Gasteiger partial charge in [0, 0.05) is 38.6 Å². The molecule has 1 aromatic heterocycles. The van der Waals surface area contributed by atoms with Crippen LogP contribution >= 0.6 is 11.3 Å². The van der Waals surface area contributed by atoms with E-state index in [0.717, 1.165) is 38.6 Å². The van der Waals surface area contributed by atoms with Crippen molar-refractivity contribution in [2.75, 3.05) is 47.3 Å². The minimum Gasteiger partial charge on any atom is -0.355 e.